The Hall–Kier alpha value is -6.28. The number of amides is 2. The highest BCUT2D eigenvalue weighted by Gasteiger charge is 2.30. The minimum Gasteiger partial charge on any atom is -0.495 e. The van der Waals surface area contributed by atoms with Crippen LogP contribution in [0.3, 0.4) is 0 Å². The molecule has 5 aromatic rings. The van der Waals surface area contributed by atoms with Crippen LogP contribution in [0.1, 0.15) is 25.0 Å². The van der Waals surface area contributed by atoms with Gasteiger partial charge in [-0.3, -0.25) is 14.7 Å². The number of ether oxygens (including phenoxy) is 4. The number of anilines is 3. The third-order valence-corrected chi connectivity index (χ3v) is 7.47. The van der Waals surface area contributed by atoms with Gasteiger partial charge in [0, 0.05) is 31.4 Å². The summed E-state index contributed by atoms with van der Waals surface area (Å²) in [5.74, 6) is 1.52. The number of nitrogens with one attached hydrogen (secondary N) is 2. The van der Waals surface area contributed by atoms with Crippen molar-refractivity contribution in [1.29, 1.82) is 5.26 Å². The van der Waals surface area contributed by atoms with Gasteiger partial charge in [0.15, 0.2) is 17.1 Å². The molecule has 0 saturated carbocycles. The molecule has 0 aliphatic heterocycles. The molecule has 11 nitrogen and oxygen atoms in total. The zero-order valence-corrected chi connectivity index (χ0v) is 27.2. The van der Waals surface area contributed by atoms with E-state index in [1.165, 1.54) is 18.2 Å². The Labute approximate surface area is 278 Å². The van der Waals surface area contributed by atoms with E-state index < -0.39 is 11.7 Å². The Balaban J connectivity index is 1.37. The van der Waals surface area contributed by atoms with Gasteiger partial charge in [-0.05, 0) is 67.9 Å². The molecule has 0 bridgehead atoms. The van der Waals surface area contributed by atoms with Crippen LogP contribution in [0.4, 0.5) is 21.9 Å². The second-order valence-corrected chi connectivity index (χ2v) is 11.2. The van der Waals surface area contributed by atoms with Gasteiger partial charge in [0.25, 0.3) is 5.91 Å². The van der Waals surface area contributed by atoms with Crippen molar-refractivity contribution in [1.82, 2.24) is 10.3 Å². The number of fused-ring (bicyclic) bond motifs is 1. The molecule has 0 unspecified atom stereocenters. The molecule has 4 aromatic carbocycles. The van der Waals surface area contributed by atoms with Crippen LogP contribution in [-0.2, 0) is 16.1 Å². The van der Waals surface area contributed by atoms with E-state index in [-0.39, 0.29) is 12.5 Å². The van der Waals surface area contributed by atoms with Crippen LogP contribution < -0.4 is 29.7 Å². The van der Waals surface area contributed by atoms with Gasteiger partial charge in [-0.25, -0.2) is 4.79 Å². The first-order valence-corrected chi connectivity index (χ1v) is 15.0. The highest BCUT2D eigenvalue weighted by atomic mass is 16.6. The molecule has 0 atom stereocenters. The summed E-state index contributed by atoms with van der Waals surface area (Å²) in [6.07, 6.45) is 0.916. The summed E-state index contributed by atoms with van der Waals surface area (Å²) in [5, 5.41) is 16.5. The summed E-state index contributed by atoms with van der Waals surface area (Å²) in [7, 11) is 4.65. The minimum absolute atomic E-state index is 0.123. The largest absolute Gasteiger partial charge is 0.495 e. The molecule has 0 radical (unpaired) electrons. The molecule has 11 heteroatoms. The van der Waals surface area contributed by atoms with Gasteiger partial charge >= 0.3 is 6.09 Å². The second-order valence-electron chi connectivity index (χ2n) is 11.2. The number of hydrogen-bond donors (Lipinski definition) is 2. The Bertz CT molecular complexity index is 1970. The number of benzene rings is 4. The number of pyridine rings is 1. The number of carbonyl (C=O) groups excluding carboxylic acids is 2. The predicted octanol–water partition coefficient (Wildman–Crippen LogP) is 7.33. The Morgan fingerprint density at radius 1 is 0.938 bits per heavy atom. The van der Waals surface area contributed by atoms with Crippen molar-refractivity contribution in [3.8, 4) is 29.1 Å². The third kappa shape index (κ3) is 7.40. The maximum Gasteiger partial charge on any atom is 0.414 e. The molecular weight excluding hydrogens is 610 g/mol. The van der Waals surface area contributed by atoms with Gasteiger partial charge in [0.05, 0.1) is 29.6 Å². The number of likely N-dealkylation sites (N-methyl/N-ethyl adjacent to an activating group) is 1. The molecule has 5 rings (SSSR count). The lowest BCUT2D eigenvalue weighted by molar-refractivity contribution is -0.133. The van der Waals surface area contributed by atoms with Crippen LogP contribution >= 0.6 is 0 Å². The molecule has 0 fully saturated rings. The van der Waals surface area contributed by atoms with Crippen LogP contribution in [0.5, 0.6) is 23.0 Å². The van der Waals surface area contributed by atoms with Crippen LogP contribution in [0.2, 0.25) is 0 Å². The number of rotatable bonds is 11. The van der Waals surface area contributed by atoms with Crippen molar-refractivity contribution in [2.24, 2.45) is 0 Å². The number of nitriles is 1. The number of aromatic nitrogens is 1. The lowest BCUT2D eigenvalue weighted by Crippen LogP contribution is -2.45. The number of nitrogens with zero attached hydrogens (tertiary/aromatic N) is 3. The van der Waals surface area contributed by atoms with Crippen molar-refractivity contribution in [2.45, 2.75) is 26.1 Å². The van der Waals surface area contributed by atoms with Gasteiger partial charge in [-0.1, -0.05) is 42.5 Å². The summed E-state index contributed by atoms with van der Waals surface area (Å²) < 4.78 is 23.3. The van der Waals surface area contributed by atoms with E-state index >= 15 is 0 Å². The standard InChI is InChI=1S/C37H35N5O6/c1-37(2,35(43)39-3)48-32-14-10-9-13-31(32)47-27-17-15-26(16-18-27)41-34-25(21-38)22-40-29-20-30(33(45-5)19-28(29)34)42(4)36(44)46-23-24-11-7-6-8-12-24/h6-20,22H,23H2,1-5H3,(H,39,43)(H,40,41). The lowest BCUT2D eigenvalue weighted by atomic mass is 10.1. The van der Waals surface area contributed by atoms with Gasteiger partial charge in [-0.15, -0.1) is 0 Å². The quantitative estimate of drug-likeness (QED) is 0.151. The summed E-state index contributed by atoms with van der Waals surface area (Å²) >= 11 is 0. The molecular formula is C37H35N5O6. The van der Waals surface area contributed by atoms with E-state index in [0.29, 0.717) is 56.5 Å². The van der Waals surface area contributed by atoms with Crippen molar-refractivity contribution in [3.63, 3.8) is 0 Å². The molecule has 48 heavy (non-hydrogen) atoms. The molecule has 0 aliphatic rings. The molecule has 2 amide bonds. The van der Waals surface area contributed by atoms with E-state index in [4.69, 9.17) is 18.9 Å². The molecule has 0 aliphatic carbocycles. The topological polar surface area (TPSA) is 135 Å². The Morgan fingerprint density at radius 3 is 2.29 bits per heavy atom. The van der Waals surface area contributed by atoms with E-state index in [1.807, 2.05) is 48.5 Å². The zero-order valence-electron chi connectivity index (χ0n) is 27.2. The highest BCUT2D eigenvalue weighted by Crippen LogP contribution is 2.38. The minimum atomic E-state index is -1.11. The van der Waals surface area contributed by atoms with E-state index in [0.717, 1.165) is 5.56 Å². The van der Waals surface area contributed by atoms with Gasteiger partial charge in [0.2, 0.25) is 0 Å². The van der Waals surface area contributed by atoms with Gasteiger partial charge < -0.3 is 29.6 Å². The average molecular weight is 646 g/mol. The molecule has 2 N–H and O–H groups in total. The monoisotopic (exact) mass is 645 g/mol. The summed E-state index contributed by atoms with van der Waals surface area (Å²) in [6.45, 7) is 3.48. The fourth-order valence-corrected chi connectivity index (χ4v) is 4.89. The highest BCUT2D eigenvalue weighted by molar-refractivity contribution is 6.01. The van der Waals surface area contributed by atoms with E-state index in [1.54, 1.807) is 70.4 Å². The smallest absolute Gasteiger partial charge is 0.414 e. The Morgan fingerprint density at radius 2 is 1.62 bits per heavy atom. The first-order valence-electron chi connectivity index (χ1n) is 15.0. The van der Waals surface area contributed by atoms with Crippen LogP contribution in [0.15, 0.2) is 97.2 Å². The molecule has 1 heterocycles. The summed E-state index contributed by atoms with van der Waals surface area (Å²) in [6, 6.07) is 29.3. The molecule has 1 aromatic heterocycles. The Kier molecular flexibility index (Phi) is 9.95. The first-order chi connectivity index (χ1) is 23.1. The second kappa shape index (κ2) is 14.4. The van der Waals surface area contributed by atoms with Crippen molar-refractivity contribution >= 4 is 40.0 Å². The van der Waals surface area contributed by atoms with E-state index in [2.05, 4.69) is 21.7 Å². The maximum atomic E-state index is 12.9. The first kappa shape index (κ1) is 33.1. The molecule has 244 valence electrons. The van der Waals surface area contributed by atoms with Crippen molar-refractivity contribution < 1.29 is 28.5 Å². The maximum absolute atomic E-state index is 12.9. The number of methoxy groups -OCH3 is 1. The van der Waals surface area contributed by atoms with Crippen LogP contribution in [0, 0.1) is 11.3 Å². The van der Waals surface area contributed by atoms with Gasteiger partial charge in [0.1, 0.15) is 24.2 Å². The van der Waals surface area contributed by atoms with Gasteiger partial charge in [-0.2, -0.15) is 5.26 Å². The average Bonchev–Trinajstić information content (AvgIpc) is 3.11. The lowest BCUT2D eigenvalue weighted by Gasteiger charge is -2.25. The predicted molar refractivity (Wildman–Crippen MR) is 183 cm³/mol. The number of hydrogen-bond acceptors (Lipinski definition) is 9. The zero-order chi connectivity index (χ0) is 34.3. The molecule has 0 saturated heterocycles. The summed E-state index contributed by atoms with van der Waals surface area (Å²) in [5.41, 5.74) is 2.26. The number of para-hydroxylation sites is 2. The third-order valence-electron chi connectivity index (χ3n) is 7.47. The SMILES string of the molecule is CNC(=O)C(C)(C)Oc1ccccc1Oc1ccc(Nc2c(C#N)cnc3cc(N(C)C(=O)OCc4ccccc4)c(OC)cc23)cc1. The van der Waals surface area contributed by atoms with Crippen molar-refractivity contribution in [3.05, 3.63) is 108 Å². The summed E-state index contributed by atoms with van der Waals surface area (Å²) in [4.78, 5) is 31.0. The van der Waals surface area contributed by atoms with Crippen molar-refractivity contribution in [2.75, 3.05) is 31.4 Å². The van der Waals surface area contributed by atoms with E-state index in [9.17, 15) is 14.9 Å². The number of carbonyl (C=O) groups is 2. The normalized spacial score (nSPS) is 10.8. The fourth-order valence-electron chi connectivity index (χ4n) is 4.89. The van der Waals surface area contributed by atoms with Crippen LogP contribution in [-0.4, -0.2) is 43.8 Å². The molecule has 0 spiro atoms. The fraction of sp³-hybridized carbons (Fsp3) is 0.189. The van der Waals surface area contributed by atoms with Crippen LogP contribution in [0.25, 0.3) is 10.9 Å².